The summed E-state index contributed by atoms with van der Waals surface area (Å²) in [6.45, 7) is 7.25. The molecule has 0 aliphatic carbocycles. The van der Waals surface area contributed by atoms with Crippen molar-refractivity contribution in [2.45, 2.75) is 52.0 Å². The third-order valence-electron chi connectivity index (χ3n) is 2.87. The highest BCUT2D eigenvalue weighted by atomic mass is 19.4. The lowest BCUT2D eigenvalue weighted by Gasteiger charge is -2.21. The number of rotatable bonds is 6. The molecular weight excluding hydrogens is 279 g/mol. The molecule has 0 aliphatic heterocycles. The van der Waals surface area contributed by atoms with Crippen LogP contribution in [0.2, 0.25) is 0 Å². The number of halogens is 3. The van der Waals surface area contributed by atoms with Crippen molar-refractivity contribution in [1.29, 1.82) is 0 Å². The lowest BCUT2D eigenvalue weighted by Crippen LogP contribution is -2.35. The molecule has 0 saturated carbocycles. The normalized spacial score (nSPS) is 13.0. The van der Waals surface area contributed by atoms with Crippen LogP contribution >= 0.6 is 0 Å². The fourth-order valence-corrected chi connectivity index (χ4v) is 1.74. The molecule has 0 unspecified atom stereocenters. The van der Waals surface area contributed by atoms with Crippen LogP contribution in [0.4, 0.5) is 13.2 Å². The molecule has 1 rings (SSSR count). The van der Waals surface area contributed by atoms with E-state index in [1.54, 1.807) is 11.9 Å². The van der Waals surface area contributed by atoms with Gasteiger partial charge in [-0.2, -0.15) is 13.2 Å². The van der Waals surface area contributed by atoms with Gasteiger partial charge < -0.3 is 10.2 Å². The van der Waals surface area contributed by atoms with E-state index < -0.39 is 12.6 Å². The lowest BCUT2D eigenvalue weighted by molar-refractivity contribution is -0.137. The van der Waals surface area contributed by atoms with Crippen molar-refractivity contribution in [3.05, 3.63) is 29.6 Å². The quantitative estimate of drug-likeness (QED) is 0.873. The number of pyridine rings is 1. The maximum atomic E-state index is 12.2. The molecule has 1 aromatic heterocycles. The van der Waals surface area contributed by atoms with Crippen LogP contribution in [0.25, 0.3) is 0 Å². The first-order chi connectivity index (χ1) is 9.55. The van der Waals surface area contributed by atoms with Gasteiger partial charge in [-0.3, -0.25) is 4.98 Å². The van der Waals surface area contributed by atoms with E-state index in [2.05, 4.69) is 31.1 Å². The van der Waals surface area contributed by atoms with E-state index in [4.69, 9.17) is 0 Å². The van der Waals surface area contributed by atoms with Gasteiger partial charge in [0.15, 0.2) is 0 Å². The molecule has 3 nitrogen and oxygen atoms in total. The Morgan fingerprint density at radius 2 is 1.76 bits per heavy atom. The Kier molecular flexibility index (Phi) is 6.16. The van der Waals surface area contributed by atoms with Crippen LogP contribution < -0.4 is 5.32 Å². The van der Waals surface area contributed by atoms with Crippen molar-refractivity contribution in [3.8, 4) is 0 Å². The maximum Gasteiger partial charge on any atom is 0.390 e. The molecule has 21 heavy (non-hydrogen) atoms. The summed E-state index contributed by atoms with van der Waals surface area (Å²) in [6.07, 6.45) is -4.91. The van der Waals surface area contributed by atoms with E-state index in [0.717, 1.165) is 11.4 Å². The first-order valence-corrected chi connectivity index (χ1v) is 7.00. The summed E-state index contributed by atoms with van der Waals surface area (Å²) < 4.78 is 36.5. The van der Waals surface area contributed by atoms with Crippen LogP contribution in [0.5, 0.6) is 0 Å². The van der Waals surface area contributed by atoms with Gasteiger partial charge in [0.05, 0.1) is 17.8 Å². The minimum Gasteiger partial charge on any atom is -0.306 e. The Labute approximate surface area is 124 Å². The van der Waals surface area contributed by atoms with E-state index in [0.29, 0.717) is 13.1 Å². The summed E-state index contributed by atoms with van der Waals surface area (Å²) in [4.78, 5) is 6.11. The predicted octanol–water partition coefficient (Wildman–Crippen LogP) is 3.35. The van der Waals surface area contributed by atoms with E-state index in [1.165, 1.54) is 0 Å². The topological polar surface area (TPSA) is 28.2 Å². The van der Waals surface area contributed by atoms with Crippen molar-refractivity contribution < 1.29 is 13.2 Å². The maximum absolute atomic E-state index is 12.2. The second kappa shape index (κ2) is 7.22. The zero-order chi connectivity index (χ0) is 16.1. The minimum absolute atomic E-state index is 0.00118. The van der Waals surface area contributed by atoms with E-state index >= 15 is 0 Å². The molecule has 0 fully saturated rings. The Balaban J connectivity index is 2.52. The smallest absolute Gasteiger partial charge is 0.306 e. The van der Waals surface area contributed by atoms with Gasteiger partial charge in [-0.15, -0.1) is 0 Å². The number of nitrogens with zero attached hydrogens (tertiary/aromatic N) is 2. The highest BCUT2D eigenvalue weighted by molar-refractivity contribution is 5.11. The van der Waals surface area contributed by atoms with Crippen LogP contribution in [0.15, 0.2) is 18.2 Å². The highest BCUT2D eigenvalue weighted by Gasteiger charge is 2.27. The average molecular weight is 303 g/mol. The van der Waals surface area contributed by atoms with Crippen LogP contribution in [0.3, 0.4) is 0 Å². The van der Waals surface area contributed by atoms with Gasteiger partial charge in [0.2, 0.25) is 0 Å². The SMILES string of the molecule is CN(CCC(F)(F)F)Cc1cccc(CNC(C)(C)C)n1. The van der Waals surface area contributed by atoms with Gasteiger partial charge >= 0.3 is 6.18 Å². The van der Waals surface area contributed by atoms with E-state index in [1.807, 2.05) is 18.2 Å². The second-order valence-corrected chi connectivity index (χ2v) is 6.33. The van der Waals surface area contributed by atoms with Crippen molar-refractivity contribution >= 4 is 0 Å². The van der Waals surface area contributed by atoms with Crippen molar-refractivity contribution in [2.24, 2.45) is 0 Å². The summed E-state index contributed by atoms with van der Waals surface area (Å²) in [5, 5.41) is 3.34. The molecule has 1 heterocycles. The first-order valence-electron chi connectivity index (χ1n) is 7.00. The van der Waals surface area contributed by atoms with E-state index in [-0.39, 0.29) is 12.1 Å². The Hall–Kier alpha value is -1.14. The molecule has 0 atom stereocenters. The van der Waals surface area contributed by atoms with Gasteiger partial charge in [-0.05, 0) is 40.0 Å². The fraction of sp³-hybridized carbons (Fsp3) is 0.667. The summed E-state index contributed by atoms with van der Waals surface area (Å²) >= 11 is 0. The minimum atomic E-state index is -4.11. The summed E-state index contributed by atoms with van der Waals surface area (Å²) in [6, 6.07) is 5.64. The molecule has 0 bridgehead atoms. The fourth-order valence-electron chi connectivity index (χ4n) is 1.74. The molecule has 0 aliphatic rings. The molecule has 1 aromatic rings. The largest absolute Gasteiger partial charge is 0.390 e. The van der Waals surface area contributed by atoms with Gasteiger partial charge in [0, 0.05) is 25.2 Å². The number of alkyl halides is 3. The van der Waals surface area contributed by atoms with Crippen molar-refractivity contribution in [3.63, 3.8) is 0 Å². The number of hydrogen-bond acceptors (Lipinski definition) is 3. The molecule has 0 spiro atoms. The monoisotopic (exact) mass is 303 g/mol. The standard InChI is InChI=1S/C15H24F3N3/c1-14(2,3)19-10-12-6-5-7-13(20-12)11-21(4)9-8-15(16,17)18/h5-7,19H,8-11H2,1-4H3. The molecule has 1 N–H and O–H groups in total. The van der Waals surface area contributed by atoms with Gasteiger partial charge in [0.1, 0.15) is 0 Å². The first kappa shape index (κ1) is 17.9. The van der Waals surface area contributed by atoms with Crippen LogP contribution in [-0.4, -0.2) is 35.2 Å². The predicted molar refractivity (Wildman–Crippen MR) is 77.8 cm³/mol. The molecule has 0 amide bonds. The number of nitrogens with one attached hydrogen (secondary N) is 1. The van der Waals surface area contributed by atoms with E-state index in [9.17, 15) is 13.2 Å². The molecule has 6 heteroatoms. The molecule has 0 saturated heterocycles. The molecular formula is C15H24F3N3. The second-order valence-electron chi connectivity index (χ2n) is 6.33. The Morgan fingerprint density at radius 1 is 1.14 bits per heavy atom. The molecule has 120 valence electrons. The van der Waals surface area contributed by atoms with Crippen molar-refractivity contribution in [2.75, 3.05) is 13.6 Å². The highest BCUT2D eigenvalue weighted by Crippen LogP contribution is 2.19. The van der Waals surface area contributed by atoms with Gasteiger partial charge in [-0.25, -0.2) is 0 Å². The van der Waals surface area contributed by atoms with Crippen LogP contribution in [0.1, 0.15) is 38.6 Å². The summed E-state index contributed by atoms with van der Waals surface area (Å²) in [5.74, 6) is 0. The average Bonchev–Trinajstić information content (AvgIpc) is 2.33. The third-order valence-corrected chi connectivity index (χ3v) is 2.87. The number of hydrogen-bond donors (Lipinski definition) is 1. The third kappa shape index (κ3) is 8.67. The molecule has 0 aromatic carbocycles. The van der Waals surface area contributed by atoms with Gasteiger partial charge in [0.25, 0.3) is 0 Å². The summed E-state index contributed by atoms with van der Waals surface area (Å²) in [7, 11) is 1.67. The zero-order valence-electron chi connectivity index (χ0n) is 13.1. The lowest BCUT2D eigenvalue weighted by atomic mass is 10.1. The van der Waals surface area contributed by atoms with Crippen LogP contribution in [-0.2, 0) is 13.1 Å². The zero-order valence-corrected chi connectivity index (χ0v) is 13.1. The summed E-state index contributed by atoms with van der Waals surface area (Å²) in [5.41, 5.74) is 1.68. The van der Waals surface area contributed by atoms with Gasteiger partial charge in [-0.1, -0.05) is 6.07 Å². The number of aromatic nitrogens is 1. The Bertz CT molecular complexity index is 439. The Morgan fingerprint density at radius 3 is 2.33 bits per heavy atom. The van der Waals surface area contributed by atoms with Crippen LogP contribution in [0, 0.1) is 0 Å². The van der Waals surface area contributed by atoms with Crippen molar-refractivity contribution in [1.82, 2.24) is 15.2 Å². The molecule has 0 radical (unpaired) electrons.